The van der Waals surface area contributed by atoms with E-state index in [4.69, 9.17) is 5.26 Å². The maximum atomic E-state index is 7.68. The number of hydrogen-bond acceptors (Lipinski definition) is 2. The van der Waals surface area contributed by atoms with Gasteiger partial charge < -0.3 is 4.52 Å². The normalized spacial score (nSPS) is 6.40. The molecule has 0 aliphatic carbocycles. The second kappa shape index (κ2) is 3.88. The van der Waals surface area contributed by atoms with Crippen LogP contribution in [0.1, 0.15) is 0 Å². The Hall–Kier alpha value is -0.120. The van der Waals surface area contributed by atoms with E-state index in [9.17, 15) is 0 Å². The molecule has 0 radical (unpaired) electrons. The molecule has 0 fully saturated rings. The first-order valence-electron chi connectivity index (χ1n) is 1.10. The Morgan fingerprint density at radius 3 is 2.60 bits per heavy atom. The van der Waals surface area contributed by atoms with Gasteiger partial charge in [0.2, 0.25) is 0 Å². The standard InChI is InChI=1S/C2H4NOP/c3-1-2-4-5/h2,5H2. The Morgan fingerprint density at radius 1 is 2.00 bits per heavy atom. The van der Waals surface area contributed by atoms with Crippen LogP contribution >= 0.6 is 9.47 Å². The zero-order valence-corrected chi connectivity index (χ0v) is 3.79. The minimum Gasteiger partial charge on any atom is -0.351 e. The zero-order chi connectivity index (χ0) is 4.12. The van der Waals surface area contributed by atoms with Gasteiger partial charge in [0.05, 0.1) is 6.07 Å². The topological polar surface area (TPSA) is 33.0 Å². The number of nitriles is 1. The van der Waals surface area contributed by atoms with Gasteiger partial charge in [-0.05, 0) is 0 Å². The smallest absolute Gasteiger partial charge is 0.137 e. The monoisotopic (exact) mass is 89.0 g/mol. The fourth-order valence-electron chi connectivity index (χ4n) is 0.0373. The van der Waals surface area contributed by atoms with E-state index in [1.54, 1.807) is 6.07 Å². The van der Waals surface area contributed by atoms with E-state index in [0.29, 0.717) is 0 Å². The van der Waals surface area contributed by atoms with E-state index in [0.717, 1.165) is 0 Å². The molecule has 3 heteroatoms. The third kappa shape index (κ3) is 3.88. The molecule has 0 aromatic carbocycles. The molecule has 5 heavy (non-hydrogen) atoms. The fraction of sp³-hybridized carbons (Fsp3) is 0.500. The van der Waals surface area contributed by atoms with Crippen LogP contribution in [-0.2, 0) is 4.52 Å². The van der Waals surface area contributed by atoms with Crippen molar-refractivity contribution in [2.75, 3.05) is 6.61 Å². The summed E-state index contributed by atoms with van der Waals surface area (Å²) in [4.78, 5) is 0. The summed E-state index contributed by atoms with van der Waals surface area (Å²) in [5.41, 5.74) is 0. The predicted molar refractivity (Wildman–Crippen MR) is 21.3 cm³/mol. The van der Waals surface area contributed by atoms with Crippen LogP contribution in [0.5, 0.6) is 0 Å². The van der Waals surface area contributed by atoms with Crippen molar-refractivity contribution in [3.05, 3.63) is 0 Å². The van der Waals surface area contributed by atoms with Crippen LogP contribution in [0.4, 0.5) is 0 Å². The molecule has 0 saturated carbocycles. The Balaban J connectivity index is 2.48. The highest BCUT2D eigenvalue weighted by Crippen LogP contribution is 1.77. The highest BCUT2D eigenvalue weighted by Gasteiger charge is 1.62. The third-order valence-electron chi connectivity index (χ3n) is 0.148. The lowest BCUT2D eigenvalue weighted by atomic mass is 10.9. The molecule has 1 unspecified atom stereocenters. The third-order valence-corrected chi connectivity index (χ3v) is 0.315. The summed E-state index contributed by atoms with van der Waals surface area (Å²) in [5, 5.41) is 7.68. The van der Waals surface area contributed by atoms with Crippen LogP contribution in [0.25, 0.3) is 0 Å². The Morgan fingerprint density at radius 2 is 2.60 bits per heavy atom. The van der Waals surface area contributed by atoms with Gasteiger partial charge in [-0.15, -0.1) is 0 Å². The molecule has 0 bridgehead atoms. The van der Waals surface area contributed by atoms with Gasteiger partial charge in [-0.2, -0.15) is 5.26 Å². The lowest BCUT2D eigenvalue weighted by molar-refractivity contribution is 0.433. The molecule has 0 aromatic rings. The zero-order valence-electron chi connectivity index (χ0n) is 2.64. The average Bonchev–Trinajstić information content (AvgIpc) is 1.41. The molecule has 0 rings (SSSR count). The summed E-state index contributed by atoms with van der Waals surface area (Å²) in [6.07, 6.45) is 0. The Bertz CT molecular complexity index is 48.1. The lowest BCUT2D eigenvalue weighted by Gasteiger charge is -1.73. The first kappa shape index (κ1) is 4.88. The molecule has 28 valence electrons. The molecule has 0 N–H and O–H groups in total. The molecule has 0 amide bonds. The van der Waals surface area contributed by atoms with Crippen molar-refractivity contribution >= 4 is 9.47 Å². The SMILES string of the molecule is N#CCOP. The van der Waals surface area contributed by atoms with Crippen molar-refractivity contribution in [3.8, 4) is 6.07 Å². The Labute approximate surface area is 33.0 Å². The minimum absolute atomic E-state index is 0.157. The number of nitrogens with zero attached hydrogens (tertiary/aromatic N) is 1. The molecule has 0 saturated heterocycles. The van der Waals surface area contributed by atoms with Crippen LogP contribution in [-0.4, -0.2) is 6.61 Å². The largest absolute Gasteiger partial charge is 0.351 e. The highest BCUT2D eigenvalue weighted by molar-refractivity contribution is 7.09. The second-order valence-corrected chi connectivity index (χ2v) is 0.802. The molecule has 0 aliphatic rings. The first-order valence-corrected chi connectivity index (χ1v) is 1.57. The first-order chi connectivity index (χ1) is 2.41. The van der Waals surface area contributed by atoms with Gasteiger partial charge in [0.25, 0.3) is 0 Å². The van der Waals surface area contributed by atoms with E-state index in [1.165, 1.54) is 0 Å². The van der Waals surface area contributed by atoms with Crippen molar-refractivity contribution in [2.24, 2.45) is 0 Å². The molecule has 1 atom stereocenters. The van der Waals surface area contributed by atoms with Gasteiger partial charge in [0.15, 0.2) is 0 Å². The van der Waals surface area contributed by atoms with E-state index in [1.807, 2.05) is 9.47 Å². The summed E-state index contributed by atoms with van der Waals surface area (Å²) in [6, 6.07) is 1.77. The van der Waals surface area contributed by atoms with Crippen molar-refractivity contribution < 1.29 is 4.52 Å². The maximum Gasteiger partial charge on any atom is 0.137 e. The van der Waals surface area contributed by atoms with Gasteiger partial charge in [-0.1, -0.05) is 0 Å². The fourth-order valence-corrected chi connectivity index (χ4v) is 0.112. The molecule has 0 aliphatic heterocycles. The second-order valence-electron chi connectivity index (χ2n) is 0.469. The van der Waals surface area contributed by atoms with Gasteiger partial charge in [0, 0.05) is 9.47 Å². The van der Waals surface area contributed by atoms with E-state index < -0.39 is 0 Å². The van der Waals surface area contributed by atoms with Crippen LogP contribution in [0.2, 0.25) is 0 Å². The lowest BCUT2D eigenvalue weighted by Crippen LogP contribution is -1.69. The summed E-state index contributed by atoms with van der Waals surface area (Å²) < 4.78 is 4.25. The van der Waals surface area contributed by atoms with Crippen molar-refractivity contribution in [2.45, 2.75) is 0 Å². The number of hydrogen-bond donors (Lipinski definition) is 0. The Kier molecular flexibility index (Phi) is 3.79. The molecule has 0 aromatic heterocycles. The molecular formula is C2H4NOP. The van der Waals surface area contributed by atoms with E-state index in [-0.39, 0.29) is 6.61 Å². The van der Waals surface area contributed by atoms with Crippen LogP contribution < -0.4 is 0 Å². The molecule has 2 nitrogen and oxygen atoms in total. The minimum atomic E-state index is 0.157. The molecular weight excluding hydrogens is 85.0 g/mol. The van der Waals surface area contributed by atoms with Gasteiger partial charge in [0.1, 0.15) is 6.61 Å². The average molecular weight is 89.0 g/mol. The highest BCUT2D eigenvalue weighted by atomic mass is 31.0. The van der Waals surface area contributed by atoms with Gasteiger partial charge >= 0.3 is 0 Å². The summed E-state index contributed by atoms with van der Waals surface area (Å²) >= 11 is 0. The molecule has 0 spiro atoms. The predicted octanol–water partition coefficient (Wildman–Crippen LogP) is 0.317. The summed E-state index contributed by atoms with van der Waals surface area (Å²) in [5.74, 6) is 0. The molecule has 0 heterocycles. The van der Waals surface area contributed by atoms with Gasteiger partial charge in [-0.25, -0.2) is 0 Å². The number of rotatable bonds is 1. The maximum absolute atomic E-state index is 7.68. The van der Waals surface area contributed by atoms with Crippen LogP contribution in [0, 0.1) is 11.3 Å². The van der Waals surface area contributed by atoms with Crippen LogP contribution in [0.3, 0.4) is 0 Å². The van der Waals surface area contributed by atoms with Crippen molar-refractivity contribution in [1.82, 2.24) is 0 Å². The van der Waals surface area contributed by atoms with Gasteiger partial charge in [-0.3, -0.25) is 0 Å². The van der Waals surface area contributed by atoms with Crippen molar-refractivity contribution in [3.63, 3.8) is 0 Å². The van der Waals surface area contributed by atoms with Crippen LogP contribution in [0.15, 0.2) is 0 Å². The van der Waals surface area contributed by atoms with E-state index in [2.05, 4.69) is 4.52 Å². The summed E-state index contributed by atoms with van der Waals surface area (Å²) in [6.45, 7) is 0.157. The van der Waals surface area contributed by atoms with E-state index >= 15 is 0 Å². The summed E-state index contributed by atoms with van der Waals surface area (Å²) in [7, 11) is 1.98. The van der Waals surface area contributed by atoms with Crippen molar-refractivity contribution in [1.29, 1.82) is 5.26 Å². The quantitative estimate of drug-likeness (QED) is 0.433.